The van der Waals surface area contributed by atoms with E-state index < -0.39 is 35.1 Å². The topological polar surface area (TPSA) is 84.5 Å². The van der Waals surface area contributed by atoms with Crippen molar-refractivity contribution >= 4 is 51.4 Å². The largest absolute Gasteiger partial charge is 0.471 e. The Bertz CT molecular complexity index is 940. The molecule has 2 N–H and O–H groups in total. The van der Waals surface area contributed by atoms with Crippen LogP contribution in [0.3, 0.4) is 0 Å². The highest BCUT2D eigenvalue weighted by Crippen LogP contribution is 2.35. The Morgan fingerprint density at radius 1 is 1.10 bits per heavy atom. The number of halogens is 4. The number of anilines is 2. The van der Waals surface area contributed by atoms with Gasteiger partial charge >= 0.3 is 18.1 Å². The number of benzene rings is 1. The number of rotatable bonds is 5. The van der Waals surface area contributed by atoms with Crippen molar-refractivity contribution < 1.29 is 32.3 Å². The predicted octanol–water partition coefficient (Wildman–Crippen LogP) is 5.03. The normalized spacial score (nSPS) is 11.3. The van der Waals surface area contributed by atoms with Gasteiger partial charge in [-0.05, 0) is 50.6 Å². The van der Waals surface area contributed by atoms with Crippen molar-refractivity contribution in [2.45, 2.75) is 33.1 Å². The zero-order chi connectivity index (χ0) is 21.9. The molecule has 11 heteroatoms. The first-order chi connectivity index (χ1) is 13.4. The van der Waals surface area contributed by atoms with Crippen molar-refractivity contribution in [3.8, 4) is 0 Å². The second-order valence-electron chi connectivity index (χ2n) is 6.13. The summed E-state index contributed by atoms with van der Waals surface area (Å²) in [5, 5.41) is 4.23. The van der Waals surface area contributed by atoms with E-state index in [2.05, 4.69) is 5.32 Å². The van der Waals surface area contributed by atoms with E-state index in [-0.39, 0.29) is 16.0 Å². The molecule has 2 amide bonds. The van der Waals surface area contributed by atoms with Gasteiger partial charge in [0.15, 0.2) is 0 Å². The van der Waals surface area contributed by atoms with E-state index in [1.807, 2.05) is 0 Å². The third kappa shape index (κ3) is 5.70. The molecule has 29 heavy (non-hydrogen) atoms. The highest BCUT2D eigenvalue weighted by Gasteiger charge is 2.40. The van der Waals surface area contributed by atoms with Gasteiger partial charge in [-0.1, -0.05) is 11.6 Å². The van der Waals surface area contributed by atoms with Crippen LogP contribution in [0.25, 0.3) is 0 Å². The first-order valence-electron chi connectivity index (χ1n) is 8.19. The Morgan fingerprint density at radius 3 is 2.21 bits per heavy atom. The molecule has 0 spiro atoms. The molecule has 0 atom stereocenters. The summed E-state index contributed by atoms with van der Waals surface area (Å²) in [4.78, 5) is 36.3. The minimum Gasteiger partial charge on any atom is -0.459 e. The summed E-state index contributed by atoms with van der Waals surface area (Å²) in [5.41, 5.74) is 0.173. The quantitative estimate of drug-likeness (QED) is 0.628. The standard InChI is InChI=1S/C18H16ClF3N2O4S/c1-8(2)28-16(26)12-9(3)13(29-15(12)24-17(27)18(20,21)22)14(25)23-11-6-4-10(19)5-7-11/h4-8H,1-3H3,(H,23,25)(H,24,27). The van der Waals surface area contributed by atoms with Crippen LogP contribution in [0.15, 0.2) is 24.3 Å². The fourth-order valence-corrected chi connectivity index (χ4v) is 3.44. The minimum atomic E-state index is -5.16. The number of carbonyl (C=O) groups excluding carboxylic acids is 3. The van der Waals surface area contributed by atoms with Crippen LogP contribution in [0.4, 0.5) is 23.9 Å². The molecular weight excluding hydrogens is 433 g/mol. The Kier molecular flexibility index (Phi) is 6.91. The van der Waals surface area contributed by atoms with Crippen molar-refractivity contribution in [1.82, 2.24) is 0 Å². The molecule has 0 fully saturated rings. The minimum absolute atomic E-state index is 0.0480. The lowest BCUT2D eigenvalue weighted by Crippen LogP contribution is -2.30. The number of carbonyl (C=O) groups is 3. The maximum absolute atomic E-state index is 12.7. The average Bonchev–Trinajstić information content (AvgIpc) is 2.91. The van der Waals surface area contributed by atoms with E-state index in [1.165, 1.54) is 19.1 Å². The van der Waals surface area contributed by atoms with Gasteiger partial charge in [0.2, 0.25) is 0 Å². The van der Waals surface area contributed by atoms with Crippen molar-refractivity contribution in [2.75, 3.05) is 10.6 Å². The smallest absolute Gasteiger partial charge is 0.459 e. The zero-order valence-corrected chi connectivity index (χ0v) is 17.0. The first-order valence-corrected chi connectivity index (χ1v) is 9.39. The van der Waals surface area contributed by atoms with Crippen LogP contribution >= 0.6 is 22.9 Å². The van der Waals surface area contributed by atoms with Crippen LogP contribution in [-0.2, 0) is 9.53 Å². The molecule has 2 aromatic rings. The lowest BCUT2D eigenvalue weighted by Gasteiger charge is -2.11. The van der Waals surface area contributed by atoms with Crippen LogP contribution in [0.1, 0.15) is 39.4 Å². The number of ether oxygens (including phenoxy) is 1. The number of thiophene rings is 1. The Balaban J connectivity index is 2.41. The highest BCUT2D eigenvalue weighted by molar-refractivity contribution is 7.19. The molecule has 0 radical (unpaired) electrons. The average molecular weight is 449 g/mol. The molecule has 156 valence electrons. The molecule has 0 aliphatic heterocycles. The number of amides is 2. The maximum Gasteiger partial charge on any atom is 0.471 e. The van der Waals surface area contributed by atoms with Gasteiger partial charge in [-0.25, -0.2) is 4.79 Å². The third-order valence-electron chi connectivity index (χ3n) is 3.49. The van der Waals surface area contributed by atoms with Crippen LogP contribution in [0, 0.1) is 6.92 Å². The summed E-state index contributed by atoms with van der Waals surface area (Å²) in [6.07, 6.45) is -5.72. The second-order valence-corrected chi connectivity index (χ2v) is 7.58. The van der Waals surface area contributed by atoms with Crippen LogP contribution in [0.2, 0.25) is 5.02 Å². The second kappa shape index (κ2) is 8.83. The summed E-state index contributed by atoms with van der Waals surface area (Å²) in [5.74, 6) is -3.88. The molecule has 1 heterocycles. The van der Waals surface area contributed by atoms with Crippen molar-refractivity contribution in [3.63, 3.8) is 0 Å². The number of esters is 1. The maximum atomic E-state index is 12.7. The molecule has 0 aliphatic rings. The Labute approximate surface area is 173 Å². The predicted molar refractivity (Wildman–Crippen MR) is 104 cm³/mol. The van der Waals surface area contributed by atoms with Crippen LogP contribution in [0.5, 0.6) is 0 Å². The van der Waals surface area contributed by atoms with Gasteiger partial charge in [-0.15, -0.1) is 11.3 Å². The molecular formula is C18H16ClF3N2O4S. The van der Waals surface area contributed by atoms with Gasteiger partial charge in [0.25, 0.3) is 5.91 Å². The van der Waals surface area contributed by atoms with E-state index >= 15 is 0 Å². The lowest BCUT2D eigenvalue weighted by molar-refractivity contribution is -0.167. The molecule has 0 saturated carbocycles. The summed E-state index contributed by atoms with van der Waals surface area (Å²) in [6, 6.07) is 6.14. The van der Waals surface area contributed by atoms with Gasteiger partial charge in [0.05, 0.1) is 16.5 Å². The number of nitrogens with one attached hydrogen (secondary N) is 2. The monoisotopic (exact) mass is 448 g/mol. The molecule has 0 bridgehead atoms. The van der Waals surface area contributed by atoms with E-state index in [0.717, 1.165) is 0 Å². The number of hydrogen-bond donors (Lipinski definition) is 2. The van der Waals surface area contributed by atoms with E-state index in [9.17, 15) is 27.6 Å². The number of alkyl halides is 3. The molecule has 1 aromatic heterocycles. The molecule has 0 aliphatic carbocycles. The van der Waals surface area contributed by atoms with Gasteiger partial charge in [0, 0.05) is 10.7 Å². The SMILES string of the molecule is Cc1c(C(=O)Nc2ccc(Cl)cc2)sc(NC(=O)C(F)(F)F)c1C(=O)OC(C)C. The summed E-state index contributed by atoms with van der Waals surface area (Å²) < 4.78 is 43.0. The molecule has 0 unspecified atom stereocenters. The summed E-state index contributed by atoms with van der Waals surface area (Å²) in [6.45, 7) is 4.50. The van der Waals surface area contributed by atoms with Crippen LogP contribution in [-0.4, -0.2) is 30.1 Å². The van der Waals surface area contributed by atoms with E-state index in [4.69, 9.17) is 16.3 Å². The Hall–Kier alpha value is -2.59. The fourth-order valence-electron chi connectivity index (χ4n) is 2.23. The van der Waals surface area contributed by atoms with Crippen molar-refractivity contribution in [2.24, 2.45) is 0 Å². The zero-order valence-electron chi connectivity index (χ0n) is 15.4. The van der Waals surface area contributed by atoms with Gasteiger partial charge < -0.3 is 15.4 Å². The first kappa shape index (κ1) is 22.7. The molecule has 0 saturated heterocycles. The van der Waals surface area contributed by atoms with Gasteiger partial charge in [-0.3, -0.25) is 9.59 Å². The third-order valence-corrected chi connectivity index (χ3v) is 4.94. The van der Waals surface area contributed by atoms with Crippen molar-refractivity contribution in [3.05, 3.63) is 45.3 Å². The van der Waals surface area contributed by atoms with E-state index in [1.54, 1.807) is 31.3 Å². The summed E-state index contributed by atoms with van der Waals surface area (Å²) >= 11 is 6.33. The van der Waals surface area contributed by atoms with E-state index in [0.29, 0.717) is 22.0 Å². The highest BCUT2D eigenvalue weighted by atomic mass is 35.5. The Morgan fingerprint density at radius 2 is 1.69 bits per heavy atom. The summed E-state index contributed by atoms with van der Waals surface area (Å²) in [7, 11) is 0. The fraction of sp³-hybridized carbons (Fsp3) is 0.278. The number of hydrogen-bond acceptors (Lipinski definition) is 5. The molecule has 6 nitrogen and oxygen atoms in total. The van der Waals surface area contributed by atoms with Crippen LogP contribution < -0.4 is 10.6 Å². The molecule has 1 aromatic carbocycles. The van der Waals surface area contributed by atoms with Gasteiger partial charge in [0.1, 0.15) is 5.00 Å². The van der Waals surface area contributed by atoms with Crippen molar-refractivity contribution in [1.29, 1.82) is 0 Å². The molecule has 2 rings (SSSR count). The van der Waals surface area contributed by atoms with Gasteiger partial charge in [-0.2, -0.15) is 13.2 Å². The lowest BCUT2D eigenvalue weighted by atomic mass is 10.1.